The monoisotopic (exact) mass is 357 g/mol. The van der Waals surface area contributed by atoms with Crippen LogP contribution in [0.3, 0.4) is 0 Å². The molecule has 1 amide bonds. The summed E-state index contributed by atoms with van der Waals surface area (Å²) in [7, 11) is 0. The third kappa shape index (κ3) is 5.70. The van der Waals surface area contributed by atoms with Gasteiger partial charge < -0.3 is 14.8 Å². The van der Waals surface area contributed by atoms with Crippen LogP contribution in [0.2, 0.25) is 0 Å². The standard InChI is InChI=1S/C19H20N2O5/c1-13(2)18(23)25-12-21-10-4-5-15(11-21)19(24)26-17-8-6-16(7-9-17)20-14(3)22/h4-11,13H,12H2,1-3H3/p+1. The molecule has 7 heteroatoms. The van der Waals surface area contributed by atoms with E-state index < -0.39 is 5.97 Å². The van der Waals surface area contributed by atoms with Gasteiger partial charge in [0, 0.05) is 18.7 Å². The summed E-state index contributed by atoms with van der Waals surface area (Å²) >= 11 is 0. The Hall–Kier alpha value is -3.22. The summed E-state index contributed by atoms with van der Waals surface area (Å²) in [5.41, 5.74) is 0.931. The lowest BCUT2D eigenvalue weighted by molar-refractivity contribution is -0.727. The predicted octanol–water partition coefficient (Wildman–Crippen LogP) is 2.31. The zero-order chi connectivity index (χ0) is 19.1. The van der Waals surface area contributed by atoms with E-state index in [1.165, 1.54) is 6.92 Å². The Morgan fingerprint density at radius 1 is 1.12 bits per heavy atom. The van der Waals surface area contributed by atoms with Gasteiger partial charge in [-0.1, -0.05) is 13.8 Å². The van der Waals surface area contributed by atoms with Crippen molar-refractivity contribution in [1.82, 2.24) is 0 Å². The number of amides is 1. The first-order valence-corrected chi connectivity index (χ1v) is 8.10. The van der Waals surface area contributed by atoms with Gasteiger partial charge in [-0.05, 0) is 30.3 Å². The molecular weight excluding hydrogens is 336 g/mol. The van der Waals surface area contributed by atoms with Crippen molar-refractivity contribution in [3.8, 4) is 5.75 Å². The van der Waals surface area contributed by atoms with E-state index >= 15 is 0 Å². The van der Waals surface area contributed by atoms with E-state index in [1.54, 1.807) is 67.2 Å². The fraction of sp³-hybridized carbons (Fsp3) is 0.263. The van der Waals surface area contributed by atoms with E-state index in [0.29, 0.717) is 17.0 Å². The van der Waals surface area contributed by atoms with Gasteiger partial charge in [0.1, 0.15) is 11.3 Å². The van der Waals surface area contributed by atoms with Crippen molar-refractivity contribution in [2.45, 2.75) is 27.5 Å². The number of pyridine rings is 1. The van der Waals surface area contributed by atoms with E-state index in [0.717, 1.165) is 0 Å². The highest BCUT2D eigenvalue weighted by Crippen LogP contribution is 2.16. The topological polar surface area (TPSA) is 85.6 Å². The minimum Gasteiger partial charge on any atom is -0.423 e. The van der Waals surface area contributed by atoms with Gasteiger partial charge in [0.05, 0.1) is 5.92 Å². The summed E-state index contributed by atoms with van der Waals surface area (Å²) in [5.74, 6) is -0.900. The Bertz CT molecular complexity index is 800. The smallest absolute Gasteiger partial charge is 0.349 e. The van der Waals surface area contributed by atoms with Crippen LogP contribution in [0.25, 0.3) is 0 Å². The molecule has 0 aliphatic heterocycles. The average Bonchev–Trinajstić information content (AvgIpc) is 2.61. The van der Waals surface area contributed by atoms with Crippen molar-refractivity contribution < 1.29 is 28.4 Å². The summed E-state index contributed by atoms with van der Waals surface area (Å²) < 4.78 is 12.0. The second-order valence-corrected chi connectivity index (χ2v) is 5.95. The number of ether oxygens (including phenoxy) is 2. The number of aromatic nitrogens is 1. The molecule has 1 N–H and O–H groups in total. The van der Waals surface area contributed by atoms with E-state index in [9.17, 15) is 14.4 Å². The number of rotatable bonds is 6. The molecule has 0 saturated carbocycles. The van der Waals surface area contributed by atoms with Crippen LogP contribution in [0.4, 0.5) is 5.69 Å². The normalized spacial score (nSPS) is 10.3. The first-order valence-electron chi connectivity index (χ1n) is 8.10. The van der Waals surface area contributed by atoms with Crippen LogP contribution in [0, 0.1) is 5.92 Å². The minimum absolute atomic E-state index is 0.0174. The Morgan fingerprint density at radius 2 is 1.81 bits per heavy atom. The van der Waals surface area contributed by atoms with Gasteiger partial charge >= 0.3 is 11.9 Å². The zero-order valence-electron chi connectivity index (χ0n) is 14.9. The zero-order valence-corrected chi connectivity index (χ0v) is 14.9. The van der Waals surface area contributed by atoms with Crippen LogP contribution >= 0.6 is 0 Å². The number of nitrogens with one attached hydrogen (secondary N) is 1. The lowest BCUT2D eigenvalue weighted by atomic mass is 10.2. The largest absolute Gasteiger partial charge is 0.423 e. The van der Waals surface area contributed by atoms with Crippen molar-refractivity contribution >= 4 is 23.5 Å². The lowest BCUT2D eigenvalue weighted by Gasteiger charge is -2.06. The second kappa shape index (κ2) is 8.75. The van der Waals surface area contributed by atoms with Crippen LogP contribution in [0.15, 0.2) is 48.8 Å². The molecule has 2 aromatic rings. The summed E-state index contributed by atoms with van der Waals surface area (Å²) in [4.78, 5) is 34.8. The first-order chi connectivity index (χ1) is 12.3. The molecule has 136 valence electrons. The molecule has 0 aliphatic carbocycles. The maximum absolute atomic E-state index is 12.3. The third-order valence-corrected chi connectivity index (χ3v) is 3.31. The van der Waals surface area contributed by atoms with Crippen molar-refractivity contribution in [1.29, 1.82) is 0 Å². The number of carbonyl (C=O) groups excluding carboxylic acids is 3. The Morgan fingerprint density at radius 3 is 2.42 bits per heavy atom. The molecule has 0 fully saturated rings. The average molecular weight is 357 g/mol. The summed E-state index contributed by atoms with van der Waals surface area (Å²) in [5, 5.41) is 2.63. The number of carbonyl (C=O) groups is 3. The maximum atomic E-state index is 12.3. The molecule has 26 heavy (non-hydrogen) atoms. The fourth-order valence-electron chi connectivity index (χ4n) is 2.00. The number of nitrogens with zero attached hydrogens (tertiary/aromatic N) is 1. The van der Waals surface area contributed by atoms with Crippen LogP contribution < -0.4 is 14.6 Å². The number of hydrogen-bond acceptors (Lipinski definition) is 5. The van der Waals surface area contributed by atoms with Crippen LogP contribution in [0.5, 0.6) is 5.75 Å². The van der Waals surface area contributed by atoms with Gasteiger partial charge in [-0.3, -0.25) is 9.59 Å². The lowest BCUT2D eigenvalue weighted by Crippen LogP contribution is -2.37. The van der Waals surface area contributed by atoms with Crippen LogP contribution in [0.1, 0.15) is 31.1 Å². The summed E-state index contributed by atoms with van der Waals surface area (Å²) in [6.07, 6.45) is 3.23. The Labute approximate surface area is 151 Å². The van der Waals surface area contributed by atoms with Crippen molar-refractivity contribution in [3.63, 3.8) is 0 Å². The molecule has 1 aromatic carbocycles. The minimum atomic E-state index is -0.540. The summed E-state index contributed by atoms with van der Waals surface area (Å²) in [6, 6.07) is 9.73. The van der Waals surface area contributed by atoms with Crippen molar-refractivity contribution in [2.75, 3.05) is 5.32 Å². The predicted molar refractivity (Wildman–Crippen MR) is 93.3 cm³/mol. The second-order valence-electron chi connectivity index (χ2n) is 5.95. The van der Waals surface area contributed by atoms with Gasteiger partial charge in [0.15, 0.2) is 12.4 Å². The molecule has 0 saturated heterocycles. The van der Waals surface area contributed by atoms with Crippen molar-refractivity contribution in [2.24, 2.45) is 5.92 Å². The van der Waals surface area contributed by atoms with E-state index in [2.05, 4.69) is 5.32 Å². The van der Waals surface area contributed by atoms with Crippen molar-refractivity contribution in [3.05, 3.63) is 54.4 Å². The van der Waals surface area contributed by atoms with Crippen LogP contribution in [-0.4, -0.2) is 17.8 Å². The Balaban J connectivity index is 1.99. The van der Waals surface area contributed by atoms with Crippen LogP contribution in [-0.2, 0) is 21.1 Å². The molecule has 0 unspecified atom stereocenters. The first kappa shape index (κ1) is 19.1. The molecule has 0 radical (unpaired) electrons. The molecule has 1 heterocycles. The number of esters is 2. The van der Waals surface area contributed by atoms with Gasteiger partial charge in [-0.15, -0.1) is 0 Å². The van der Waals surface area contributed by atoms with Gasteiger partial charge in [0.2, 0.25) is 5.91 Å². The maximum Gasteiger partial charge on any atom is 0.349 e. The van der Waals surface area contributed by atoms with E-state index in [-0.39, 0.29) is 24.5 Å². The van der Waals surface area contributed by atoms with Gasteiger partial charge in [0.25, 0.3) is 6.73 Å². The fourth-order valence-corrected chi connectivity index (χ4v) is 2.00. The number of benzene rings is 1. The molecular formula is C19H21N2O5+. The van der Waals surface area contributed by atoms with E-state index in [4.69, 9.17) is 9.47 Å². The number of hydrogen-bond donors (Lipinski definition) is 1. The number of anilines is 1. The molecule has 0 aliphatic rings. The molecule has 7 nitrogen and oxygen atoms in total. The highest BCUT2D eigenvalue weighted by Gasteiger charge is 2.15. The molecule has 2 rings (SSSR count). The Kier molecular flexibility index (Phi) is 6.43. The highest BCUT2D eigenvalue weighted by molar-refractivity contribution is 5.91. The van der Waals surface area contributed by atoms with Gasteiger partial charge in [-0.2, -0.15) is 4.57 Å². The quantitative estimate of drug-likeness (QED) is 0.487. The molecule has 0 atom stereocenters. The molecule has 1 aromatic heterocycles. The SMILES string of the molecule is CC(=O)Nc1ccc(OC(=O)c2ccc[n+](COC(=O)C(C)C)c2)cc1. The van der Waals surface area contributed by atoms with E-state index in [1.807, 2.05) is 0 Å². The summed E-state index contributed by atoms with van der Waals surface area (Å²) in [6.45, 7) is 4.93. The third-order valence-electron chi connectivity index (χ3n) is 3.31. The molecule has 0 bridgehead atoms. The molecule has 0 spiro atoms. The van der Waals surface area contributed by atoms with Gasteiger partial charge in [-0.25, -0.2) is 4.79 Å². The highest BCUT2D eigenvalue weighted by atomic mass is 16.5.